The third-order valence-corrected chi connectivity index (χ3v) is 11.3. The number of fused-ring (bicyclic) bond motifs is 8. The molecule has 0 amide bonds. The fraction of sp³-hybridized carbons (Fsp3) is 0. The quantitative estimate of drug-likeness (QED) is 0.160. The second kappa shape index (κ2) is 13.2. The van der Waals surface area contributed by atoms with Gasteiger partial charge in [0.1, 0.15) is 11.2 Å². The van der Waals surface area contributed by atoms with Crippen LogP contribution < -0.4 is 4.90 Å². The predicted octanol–water partition coefficient (Wildman–Crippen LogP) is 15.5. The molecule has 0 aliphatic heterocycles. The van der Waals surface area contributed by atoms with Crippen molar-refractivity contribution < 1.29 is 4.42 Å². The van der Waals surface area contributed by atoms with Gasteiger partial charge in [0.25, 0.3) is 0 Å². The molecule has 1 aromatic heterocycles. The monoisotopic (exact) mass is 713 g/mol. The zero-order valence-electron chi connectivity index (χ0n) is 30.6. The molecule has 56 heavy (non-hydrogen) atoms. The Hall–Kier alpha value is -7.42. The van der Waals surface area contributed by atoms with Crippen molar-refractivity contribution in [2.24, 2.45) is 0 Å². The van der Waals surface area contributed by atoms with Crippen molar-refractivity contribution in [1.82, 2.24) is 0 Å². The Morgan fingerprint density at radius 2 is 0.839 bits per heavy atom. The van der Waals surface area contributed by atoms with Gasteiger partial charge < -0.3 is 9.32 Å². The average Bonchev–Trinajstić information content (AvgIpc) is 3.66. The van der Waals surface area contributed by atoms with Gasteiger partial charge in [-0.1, -0.05) is 164 Å². The first-order chi connectivity index (χ1) is 27.8. The van der Waals surface area contributed by atoms with Gasteiger partial charge in [-0.3, -0.25) is 0 Å². The van der Waals surface area contributed by atoms with Crippen molar-refractivity contribution in [3.05, 3.63) is 212 Å². The van der Waals surface area contributed by atoms with Crippen LogP contribution in [0.15, 0.2) is 217 Å². The van der Waals surface area contributed by atoms with Crippen molar-refractivity contribution in [3.8, 4) is 33.4 Å². The molecule has 0 aliphatic carbocycles. The maximum Gasteiger partial charge on any atom is 0.143 e. The topological polar surface area (TPSA) is 16.4 Å². The number of furan rings is 1. The van der Waals surface area contributed by atoms with Crippen molar-refractivity contribution in [2.75, 3.05) is 4.90 Å². The Bertz CT molecular complexity index is 3230. The lowest BCUT2D eigenvalue weighted by Crippen LogP contribution is -2.11. The van der Waals surface area contributed by atoms with E-state index in [1.807, 2.05) is 12.1 Å². The molecule has 11 aromatic rings. The van der Waals surface area contributed by atoms with Crippen molar-refractivity contribution >= 4 is 71.3 Å². The van der Waals surface area contributed by atoms with E-state index in [0.29, 0.717) is 0 Å². The van der Waals surface area contributed by atoms with Gasteiger partial charge in [-0.15, -0.1) is 0 Å². The zero-order valence-corrected chi connectivity index (χ0v) is 30.6. The van der Waals surface area contributed by atoms with Crippen LogP contribution in [0, 0.1) is 0 Å². The molecule has 0 unspecified atom stereocenters. The first-order valence-corrected chi connectivity index (χ1v) is 19.2. The van der Waals surface area contributed by atoms with E-state index in [1.165, 1.54) is 43.8 Å². The van der Waals surface area contributed by atoms with Gasteiger partial charge in [0.2, 0.25) is 0 Å². The Balaban J connectivity index is 1.05. The number of hydrogen-bond donors (Lipinski definition) is 0. The standard InChI is InChI=1S/C54H35NO/c1-2-11-36(12-3-1)37-23-28-42(29-24-37)55(43-30-25-38(26-31-43)40-27-32-45-41(35-40)22-21-39-13-4-5-14-44(39)45)52-19-8-6-15-48(52)46-17-10-18-50-47(46)33-34-51-49-16-7-9-20-53(49)56-54(50)51/h1-35H. The first-order valence-electron chi connectivity index (χ1n) is 19.2. The number of benzene rings is 10. The minimum atomic E-state index is 0.909. The van der Waals surface area contributed by atoms with E-state index in [9.17, 15) is 0 Å². The van der Waals surface area contributed by atoms with Crippen LogP contribution in [0.2, 0.25) is 0 Å². The third-order valence-electron chi connectivity index (χ3n) is 11.3. The molecule has 0 N–H and O–H groups in total. The minimum absolute atomic E-state index is 0.909. The fourth-order valence-corrected chi connectivity index (χ4v) is 8.53. The maximum atomic E-state index is 6.50. The molecule has 2 nitrogen and oxygen atoms in total. The highest BCUT2D eigenvalue weighted by Crippen LogP contribution is 2.45. The number of nitrogens with zero attached hydrogens (tertiary/aromatic N) is 1. The summed E-state index contributed by atoms with van der Waals surface area (Å²) >= 11 is 0. The van der Waals surface area contributed by atoms with Gasteiger partial charge in [0.05, 0.1) is 5.69 Å². The second-order valence-electron chi connectivity index (χ2n) is 14.5. The number of rotatable bonds is 6. The summed E-state index contributed by atoms with van der Waals surface area (Å²) < 4.78 is 6.50. The molecular formula is C54H35NO. The van der Waals surface area contributed by atoms with Crippen LogP contribution in [0.1, 0.15) is 0 Å². The Labute approximate surface area is 325 Å². The van der Waals surface area contributed by atoms with E-state index in [0.717, 1.165) is 60.9 Å². The molecule has 0 aliphatic rings. The second-order valence-corrected chi connectivity index (χ2v) is 14.5. The highest BCUT2D eigenvalue weighted by Gasteiger charge is 2.20. The SMILES string of the molecule is c1ccc(-c2ccc(N(c3ccc(-c4ccc5c(ccc6ccccc65)c4)cc3)c3ccccc3-c3cccc4c3ccc3c5ccccc5oc43)cc2)cc1. The Morgan fingerprint density at radius 3 is 1.66 bits per heavy atom. The third kappa shape index (κ3) is 5.34. The van der Waals surface area contributed by atoms with Gasteiger partial charge in [-0.05, 0) is 103 Å². The molecule has 2 heteroatoms. The summed E-state index contributed by atoms with van der Waals surface area (Å²) in [6.07, 6.45) is 0. The van der Waals surface area contributed by atoms with Crippen molar-refractivity contribution in [2.45, 2.75) is 0 Å². The molecule has 11 rings (SSSR count). The number of hydrogen-bond acceptors (Lipinski definition) is 2. The van der Waals surface area contributed by atoms with E-state index < -0.39 is 0 Å². The minimum Gasteiger partial charge on any atom is -0.455 e. The highest BCUT2D eigenvalue weighted by molar-refractivity contribution is 6.18. The largest absolute Gasteiger partial charge is 0.455 e. The predicted molar refractivity (Wildman–Crippen MR) is 237 cm³/mol. The fourth-order valence-electron chi connectivity index (χ4n) is 8.53. The smallest absolute Gasteiger partial charge is 0.143 e. The normalized spacial score (nSPS) is 11.6. The van der Waals surface area contributed by atoms with Crippen LogP contribution in [0.4, 0.5) is 17.1 Å². The molecule has 0 atom stereocenters. The summed E-state index contributed by atoms with van der Waals surface area (Å²) in [5.74, 6) is 0. The lowest BCUT2D eigenvalue weighted by molar-refractivity contribution is 0.672. The molecule has 0 saturated carbocycles. The average molecular weight is 714 g/mol. The van der Waals surface area contributed by atoms with Gasteiger partial charge in [-0.2, -0.15) is 0 Å². The highest BCUT2D eigenvalue weighted by atomic mass is 16.3. The Kier molecular flexibility index (Phi) is 7.53. The molecule has 0 radical (unpaired) electrons. The summed E-state index contributed by atoms with van der Waals surface area (Å²) in [7, 11) is 0. The maximum absolute atomic E-state index is 6.50. The summed E-state index contributed by atoms with van der Waals surface area (Å²) in [6.45, 7) is 0. The van der Waals surface area contributed by atoms with Crippen LogP contribution in [0.3, 0.4) is 0 Å². The molecule has 0 bridgehead atoms. The van der Waals surface area contributed by atoms with Gasteiger partial charge in [0, 0.05) is 33.1 Å². The van der Waals surface area contributed by atoms with Crippen LogP contribution in [0.5, 0.6) is 0 Å². The summed E-state index contributed by atoms with van der Waals surface area (Å²) in [4.78, 5) is 2.39. The molecule has 0 spiro atoms. The van der Waals surface area contributed by atoms with Gasteiger partial charge in [-0.25, -0.2) is 0 Å². The molecule has 10 aromatic carbocycles. The number of para-hydroxylation sites is 2. The first kappa shape index (κ1) is 32.0. The van der Waals surface area contributed by atoms with E-state index in [2.05, 4.69) is 205 Å². The Morgan fingerprint density at radius 1 is 0.304 bits per heavy atom. The van der Waals surface area contributed by atoms with E-state index in [4.69, 9.17) is 4.42 Å². The van der Waals surface area contributed by atoms with Crippen LogP contribution in [0.25, 0.3) is 87.6 Å². The number of anilines is 3. The van der Waals surface area contributed by atoms with E-state index >= 15 is 0 Å². The lowest BCUT2D eigenvalue weighted by atomic mass is 9.94. The summed E-state index contributed by atoms with van der Waals surface area (Å²) in [5.41, 5.74) is 12.2. The lowest BCUT2D eigenvalue weighted by Gasteiger charge is -2.28. The summed E-state index contributed by atoms with van der Waals surface area (Å²) in [5, 5.41) is 9.62. The van der Waals surface area contributed by atoms with Crippen LogP contribution in [-0.4, -0.2) is 0 Å². The van der Waals surface area contributed by atoms with Gasteiger partial charge >= 0.3 is 0 Å². The van der Waals surface area contributed by atoms with Crippen LogP contribution >= 0.6 is 0 Å². The summed E-state index contributed by atoms with van der Waals surface area (Å²) in [6, 6.07) is 76.5. The van der Waals surface area contributed by atoms with Gasteiger partial charge in [0.15, 0.2) is 0 Å². The molecule has 1 heterocycles. The molecular weight excluding hydrogens is 679 g/mol. The zero-order chi connectivity index (χ0) is 37.0. The van der Waals surface area contributed by atoms with E-state index in [-0.39, 0.29) is 0 Å². The molecule has 0 saturated heterocycles. The molecule has 0 fully saturated rings. The molecule has 262 valence electrons. The van der Waals surface area contributed by atoms with Crippen LogP contribution in [-0.2, 0) is 0 Å². The van der Waals surface area contributed by atoms with Crippen molar-refractivity contribution in [1.29, 1.82) is 0 Å². The van der Waals surface area contributed by atoms with E-state index in [1.54, 1.807) is 0 Å². The van der Waals surface area contributed by atoms with Crippen molar-refractivity contribution in [3.63, 3.8) is 0 Å².